The molecule has 160 valence electrons. The summed E-state index contributed by atoms with van der Waals surface area (Å²) >= 11 is 0. The normalized spacial score (nSPS) is 14.4. The fourth-order valence-electron chi connectivity index (χ4n) is 3.85. The smallest absolute Gasteiger partial charge is 0.323 e. The van der Waals surface area contributed by atoms with E-state index in [2.05, 4.69) is 22.6 Å². The Bertz CT molecular complexity index is 817. The summed E-state index contributed by atoms with van der Waals surface area (Å²) in [6, 6.07) is 16.6. The van der Waals surface area contributed by atoms with Gasteiger partial charge in [0.2, 0.25) is 0 Å². The highest BCUT2D eigenvalue weighted by Crippen LogP contribution is 2.21. The van der Waals surface area contributed by atoms with Gasteiger partial charge in [0.25, 0.3) is 5.91 Å². The number of hydrogen-bond donors (Lipinski definition) is 2. The maximum atomic E-state index is 12.7. The molecule has 0 bridgehead atoms. The third kappa shape index (κ3) is 6.32. The molecule has 1 fully saturated rings. The van der Waals surface area contributed by atoms with Gasteiger partial charge in [0.15, 0.2) is 0 Å². The summed E-state index contributed by atoms with van der Waals surface area (Å²) in [4.78, 5) is 29.0. The number of rotatable bonds is 7. The van der Waals surface area contributed by atoms with Gasteiger partial charge in [0, 0.05) is 43.1 Å². The largest absolute Gasteiger partial charge is 0.340 e. The van der Waals surface area contributed by atoms with Crippen LogP contribution in [0.15, 0.2) is 54.6 Å². The number of anilines is 2. The number of amides is 3. The van der Waals surface area contributed by atoms with Crippen LogP contribution in [0.1, 0.15) is 42.5 Å². The maximum Gasteiger partial charge on any atom is 0.323 e. The lowest BCUT2D eigenvalue weighted by molar-refractivity contribution is 0.0767. The second-order valence-corrected chi connectivity index (χ2v) is 8.02. The van der Waals surface area contributed by atoms with Crippen LogP contribution in [0.4, 0.5) is 16.2 Å². The molecule has 2 N–H and O–H groups in total. The van der Waals surface area contributed by atoms with Gasteiger partial charge in [-0.3, -0.25) is 4.79 Å². The van der Waals surface area contributed by atoms with Crippen LogP contribution in [-0.4, -0.2) is 55.0 Å². The topological polar surface area (TPSA) is 64.7 Å². The highest BCUT2D eigenvalue weighted by atomic mass is 16.2. The molecule has 0 aliphatic heterocycles. The first-order chi connectivity index (χ1) is 14.5. The van der Waals surface area contributed by atoms with Crippen LogP contribution < -0.4 is 10.6 Å². The first-order valence-corrected chi connectivity index (χ1v) is 10.7. The van der Waals surface area contributed by atoms with Gasteiger partial charge < -0.3 is 20.4 Å². The molecule has 2 aromatic rings. The Kier molecular flexibility index (Phi) is 7.85. The number of urea groups is 1. The standard InChI is InChI=1S/C24H32N4O2/c1-27(22-11-7-4-8-12-22)17-18-28(2)23(29)19-13-15-21(16-14-19)26-24(30)25-20-9-5-3-6-10-20/h3,5-6,9-10,13-16,22H,4,7-8,11-12,17-18H2,1-2H3,(H2,25,26,30). The minimum absolute atomic E-state index is 0.00710. The highest BCUT2D eigenvalue weighted by Gasteiger charge is 2.19. The second-order valence-electron chi connectivity index (χ2n) is 8.02. The molecular formula is C24H32N4O2. The number of carbonyl (C=O) groups excluding carboxylic acids is 2. The Morgan fingerprint density at radius 1 is 0.833 bits per heavy atom. The van der Waals surface area contributed by atoms with Crippen molar-refractivity contribution in [2.45, 2.75) is 38.1 Å². The van der Waals surface area contributed by atoms with E-state index in [1.54, 1.807) is 29.2 Å². The minimum Gasteiger partial charge on any atom is -0.340 e. The Morgan fingerprint density at radius 3 is 2.07 bits per heavy atom. The number of nitrogens with one attached hydrogen (secondary N) is 2. The lowest BCUT2D eigenvalue weighted by atomic mass is 9.94. The van der Waals surface area contributed by atoms with Crippen molar-refractivity contribution in [2.75, 3.05) is 37.8 Å². The monoisotopic (exact) mass is 408 g/mol. The molecule has 0 aromatic heterocycles. The SMILES string of the molecule is CN(CCN(C)C1CCCCC1)C(=O)c1ccc(NC(=O)Nc2ccccc2)cc1. The van der Waals surface area contributed by atoms with Crippen molar-refractivity contribution in [1.29, 1.82) is 0 Å². The van der Waals surface area contributed by atoms with E-state index in [-0.39, 0.29) is 11.9 Å². The van der Waals surface area contributed by atoms with Gasteiger partial charge in [0.1, 0.15) is 0 Å². The van der Waals surface area contributed by atoms with E-state index in [0.29, 0.717) is 23.8 Å². The maximum absolute atomic E-state index is 12.7. The lowest BCUT2D eigenvalue weighted by Crippen LogP contribution is -2.40. The number of likely N-dealkylation sites (N-methyl/N-ethyl adjacent to an activating group) is 2. The van der Waals surface area contributed by atoms with E-state index in [0.717, 1.165) is 12.2 Å². The van der Waals surface area contributed by atoms with E-state index < -0.39 is 0 Å². The Balaban J connectivity index is 1.47. The van der Waals surface area contributed by atoms with Gasteiger partial charge in [-0.25, -0.2) is 4.79 Å². The zero-order valence-corrected chi connectivity index (χ0v) is 17.9. The van der Waals surface area contributed by atoms with E-state index in [1.165, 1.54) is 32.1 Å². The summed E-state index contributed by atoms with van der Waals surface area (Å²) in [5, 5.41) is 5.55. The van der Waals surface area contributed by atoms with Gasteiger partial charge in [-0.05, 0) is 56.3 Å². The average Bonchev–Trinajstić information content (AvgIpc) is 2.78. The van der Waals surface area contributed by atoms with Crippen LogP contribution in [0.3, 0.4) is 0 Å². The summed E-state index contributed by atoms with van der Waals surface area (Å²) < 4.78 is 0. The van der Waals surface area contributed by atoms with Gasteiger partial charge >= 0.3 is 6.03 Å². The quantitative estimate of drug-likeness (QED) is 0.700. The minimum atomic E-state index is -0.317. The van der Waals surface area contributed by atoms with Crippen molar-refractivity contribution in [3.8, 4) is 0 Å². The molecule has 6 nitrogen and oxygen atoms in total. The second kappa shape index (κ2) is 10.8. The van der Waals surface area contributed by atoms with Gasteiger partial charge in [0.05, 0.1) is 0 Å². The highest BCUT2D eigenvalue weighted by molar-refractivity contribution is 6.00. The number of hydrogen-bond acceptors (Lipinski definition) is 3. The van der Waals surface area contributed by atoms with Gasteiger partial charge in [-0.2, -0.15) is 0 Å². The Hall–Kier alpha value is -2.86. The molecule has 1 aliphatic carbocycles. The summed E-state index contributed by atoms with van der Waals surface area (Å²) in [6.45, 7) is 1.58. The van der Waals surface area contributed by atoms with Gasteiger partial charge in [-0.15, -0.1) is 0 Å². The van der Waals surface area contributed by atoms with Crippen molar-refractivity contribution < 1.29 is 9.59 Å². The zero-order chi connectivity index (χ0) is 21.3. The van der Waals surface area contributed by atoms with E-state index in [4.69, 9.17) is 0 Å². The fraction of sp³-hybridized carbons (Fsp3) is 0.417. The molecule has 2 aromatic carbocycles. The lowest BCUT2D eigenvalue weighted by Gasteiger charge is -2.32. The Morgan fingerprint density at radius 2 is 1.43 bits per heavy atom. The Labute approximate surface area is 179 Å². The van der Waals surface area contributed by atoms with Crippen molar-refractivity contribution in [1.82, 2.24) is 9.80 Å². The predicted molar refractivity (Wildman–Crippen MR) is 122 cm³/mol. The van der Waals surface area contributed by atoms with Crippen molar-refractivity contribution in [3.63, 3.8) is 0 Å². The molecule has 0 atom stereocenters. The van der Waals surface area contributed by atoms with Crippen LogP contribution in [0.2, 0.25) is 0 Å². The first-order valence-electron chi connectivity index (χ1n) is 10.7. The van der Waals surface area contributed by atoms with Crippen molar-refractivity contribution >= 4 is 23.3 Å². The molecule has 0 spiro atoms. The summed E-state index contributed by atoms with van der Waals surface area (Å²) in [7, 11) is 4.01. The average molecular weight is 409 g/mol. The van der Waals surface area contributed by atoms with Crippen molar-refractivity contribution in [2.24, 2.45) is 0 Å². The van der Waals surface area contributed by atoms with E-state index in [1.807, 2.05) is 37.4 Å². The van der Waals surface area contributed by atoms with E-state index >= 15 is 0 Å². The summed E-state index contributed by atoms with van der Waals surface area (Å²) in [6.07, 6.45) is 6.50. The molecule has 0 radical (unpaired) electrons. The zero-order valence-electron chi connectivity index (χ0n) is 17.9. The van der Waals surface area contributed by atoms with Crippen LogP contribution in [-0.2, 0) is 0 Å². The molecule has 3 amide bonds. The molecule has 30 heavy (non-hydrogen) atoms. The third-order valence-electron chi connectivity index (χ3n) is 5.75. The molecule has 3 rings (SSSR count). The summed E-state index contributed by atoms with van der Waals surface area (Å²) in [5.74, 6) is -0.00710. The molecule has 0 heterocycles. The number of nitrogens with zero attached hydrogens (tertiary/aromatic N) is 2. The molecule has 1 saturated carbocycles. The summed E-state index contributed by atoms with van der Waals surface area (Å²) in [5.41, 5.74) is 1.98. The van der Waals surface area contributed by atoms with Crippen molar-refractivity contribution in [3.05, 3.63) is 60.2 Å². The molecule has 0 saturated heterocycles. The first kappa shape index (κ1) is 21.8. The van der Waals surface area contributed by atoms with Crippen LogP contribution in [0.5, 0.6) is 0 Å². The number of para-hydroxylation sites is 1. The van der Waals surface area contributed by atoms with Crippen LogP contribution in [0, 0.1) is 0 Å². The molecular weight excluding hydrogens is 376 g/mol. The van der Waals surface area contributed by atoms with Crippen LogP contribution in [0.25, 0.3) is 0 Å². The number of benzene rings is 2. The molecule has 6 heteroatoms. The number of carbonyl (C=O) groups is 2. The third-order valence-corrected chi connectivity index (χ3v) is 5.75. The van der Waals surface area contributed by atoms with Gasteiger partial charge in [-0.1, -0.05) is 37.5 Å². The fourth-order valence-corrected chi connectivity index (χ4v) is 3.85. The molecule has 1 aliphatic rings. The molecule has 0 unspecified atom stereocenters. The predicted octanol–water partition coefficient (Wildman–Crippen LogP) is 4.67. The van der Waals surface area contributed by atoms with E-state index in [9.17, 15) is 9.59 Å². The van der Waals surface area contributed by atoms with Crippen LogP contribution >= 0.6 is 0 Å².